The quantitative estimate of drug-likeness (QED) is 0.418. The van der Waals surface area contributed by atoms with Crippen molar-refractivity contribution in [3.05, 3.63) is 0 Å². The highest BCUT2D eigenvalue weighted by Gasteiger charge is 2.18. The van der Waals surface area contributed by atoms with Crippen LogP contribution in [0.2, 0.25) is 0 Å². The number of hydrogen-bond acceptors (Lipinski definition) is 3. The fourth-order valence-corrected chi connectivity index (χ4v) is 3.63. The molecule has 0 heterocycles. The Morgan fingerprint density at radius 1 is 1.12 bits per heavy atom. The van der Waals surface area contributed by atoms with Crippen LogP contribution in [0.4, 0.5) is 0 Å². The first-order chi connectivity index (χ1) is 12.1. The summed E-state index contributed by atoms with van der Waals surface area (Å²) in [7, 11) is 2.25. The molecule has 0 aromatic heterocycles. The molecule has 1 fully saturated rings. The summed E-state index contributed by atoms with van der Waals surface area (Å²) in [6.07, 6.45) is 7.94. The minimum Gasteiger partial charge on any atom is -0.357 e. The summed E-state index contributed by atoms with van der Waals surface area (Å²) < 4.78 is 0. The van der Waals surface area contributed by atoms with Gasteiger partial charge >= 0.3 is 0 Å². The number of guanidine groups is 1. The lowest BCUT2D eigenvalue weighted by Gasteiger charge is -2.24. The Kier molecular flexibility index (Phi) is 11.9. The number of nitrogens with zero attached hydrogens (tertiary/aromatic N) is 3. The zero-order valence-corrected chi connectivity index (χ0v) is 17.5. The average Bonchev–Trinajstić information content (AvgIpc) is 3.13. The summed E-state index contributed by atoms with van der Waals surface area (Å²) in [6.45, 7) is 15.2. The summed E-state index contributed by atoms with van der Waals surface area (Å²) >= 11 is 0. The fourth-order valence-electron chi connectivity index (χ4n) is 3.63. The van der Waals surface area contributed by atoms with Gasteiger partial charge in [0, 0.05) is 25.2 Å². The van der Waals surface area contributed by atoms with Gasteiger partial charge in [-0.1, -0.05) is 26.7 Å². The van der Waals surface area contributed by atoms with Crippen molar-refractivity contribution >= 4 is 5.96 Å². The van der Waals surface area contributed by atoms with Crippen LogP contribution in [0, 0.1) is 0 Å². The molecule has 5 heteroatoms. The third-order valence-corrected chi connectivity index (χ3v) is 5.40. The smallest absolute Gasteiger partial charge is 0.191 e. The summed E-state index contributed by atoms with van der Waals surface area (Å²) in [4.78, 5) is 9.77. The van der Waals surface area contributed by atoms with Crippen LogP contribution < -0.4 is 10.6 Å². The van der Waals surface area contributed by atoms with Gasteiger partial charge in [0.05, 0.1) is 6.54 Å². The molecule has 0 radical (unpaired) electrons. The number of aliphatic imine (C=N–C) groups is 1. The molecule has 0 aromatic carbocycles. The van der Waals surface area contributed by atoms with Crippen LogP contribution >= 0.6 is 0 Å². The lowest BCUT2D eigenvalue weighted by Crippen LogP contribution is -2.43. The maximum atomic E-state index is 4.78. The molecule has 1 aliphatic rings. The van der Waals surface area contributed by atoms with Gasteiger partial charge < -0.3 is 20.4 Å². The third-order valence-electron chi connectivity index (χ3n) is 5.40. The molecule has 148 valence electrons. The van der Waals surface area contributed by atoms with Gasteiger partial charge in [-0.15, -0.1) is 0 Å². The normalized spacial score (nSPS) is 17.5. The van der Waals surface area contributed by atoms with E-state index in [-0.39, 0.29) is 0 Å². The molecular weight excluding hydrogens is 310 g/mol. The van der Waals surface area contributed by atoms with Crippen molar-refractivity contribution in [1.29, 1.82) is 0 Å². The van der Waals surface area contributed by atoms with Crippen LogP contribution in [-0.2, 0) is 0 Å². The molecule has 1 aliphatic carbocycles. The lowest BCUT2D eigenvalue weighted by molar-refractivity contribution is 0.252. The summed E-state index contributed by atoms with van der Waals surface area (Å²) in [5, 5.41) is 6.96. The van der Waals surface area contributed by atoms with Crippen LogP contribution in [0.1, 0.15) is 66.2 Å². The van der Waals surface area contributed by atoms with E-state index >= 15 is 0 Å². The first kappa shape index (κ1) is 22.2. The largest absolute Gasteiger partial charge is 0.357 e. The van der Waals surface area contributed by atoms with E-state index in [1.807, 2.05) is 0 Å². The van der Waals surface area contributed by atoms with Gasteiger partial charge in [0.15, 0.2) is 5.96 Å². The van der Waals surface area contributed by atoms with Gasteiger partial charge in [-0.3, -0.25) is 4.99 Å². The molecule has 0 aromatic rings. The van der Waals surface area contributed by atoms with Crippen molar-refractivity contribution in [3.63, 3.8) is 0 Å². The van der Waals surface area contributed by atoms with Crippen molar-refractivity contribution in [1.82, 2.24) is 20.4 Å². The molecule has 0 bridgehead atoms. The third kappa shape index (κ3) is 9.45. The van der Waals surface area contributed by atoms with Crippen LogP contribution in [0.25, 0.3) is 0 Å². The number of hydrogen-bond donors (Lipinski definition) is 2. The van der Waals surface area contributed by atoms with Crippen LogP contribution in [0.5, 0.6) is 0 Å². The van der Waals surface area contributed by atoms with Crippen molar-refractivity contribution in [2.24, 2.45) is 4.99 Å². The molecule has 0 amide bonds. The second-order valence-electron chi connectivity index (χ2n) is 7.39. The molecule has 5 nitrogen and oxygen atoms in total. The van der Waals surface area contributed by atoms with Gasteiger partial charge in [0.25, 0.3) is 0 Å². The molecule has 1 unspecified atom stereocenters. The molecule has 25 heavy (non-hydrogen) atoms. The predicted octanol–water partition coefficient (Wildman–Crippen LogP) is 2.93. The number of rotatable bonds is 12. The zero-order chi connectivity index (χ0) is 18.5. The van der Waals surface area contributed by atoms with E-state index in [2.05, 4.69) is 55.2 Å². The van der Waals surface area contributed by atoms with Crippen LogP contribution in [-0.4, -0.2) is 74.2 Å². The maximum absolute atomic E-state index is 4.78. The molecule has 1 rings (SSSR count). The zero-order valence-electron chi connectivity index (χ0n) is 17.5. The Morgan fingerprint density at radius 3 is 2.40 bits per heavy atom. The SMILES string of the molecule is CCNC(=NCCN(C)C1CCCC1)NC(C)CCCN(CC)CC. The Bertz CT molecular complexity index is 348. The van der Waals surface area contributed by atoms with Crippen molar-refractivity contribution in [3.8, 4) is 0 Å². The second-order valence-corrected chi connectivity index (χ2v) is 7.39. The van der Waals surface area contributed by atoms with E-state index in [9.17, 15) is 0 Å². The molecule has 0 aliphatic heterocycles. The summed E-state index contributed by atoms with van der Waals surface area (Å²) in [6, 6.07) is 1.24. The van der Waals surface area contributed by atoms with Gasteiger partial charge in [0.2, 0.25) is 0 Å². The van der Waals surface area contributed by atoms with Crippen molar-refractivity contribution in [2.45, 2.75) is 78.3 Å². The van der Waals surface area contributed by atoms with E-state index in [1.165, 1.54) is 45.1 Å². The molecule has 2 N–H and O–H groups in total. The Morgan fingerprint density at radius 2 is 1.80 bits per heavy atom. The van der Waals surface area contributed by atoms with E-state index < -0.39 is 0 Å². The average molecular weight is 354 g/mol. The van der Waals surface area contributed by atoms with E-state index in [1.54, 1.807) is 0 Å². The van der Waals surface area contributed by atoms with E-state index in [0.29, 0.717) is 6.04 Å². The molecule has 1 atom stereocenters. The van der Waals surface area contributed by atoms with Crippen LogP contribution in [0.3, 0.4) is 0 Å². The highest BCUT2D eigenvalue weighted by atomic mass is 15.2. The van der Waals surface area contributed by atoms with Gasteiger partial charge in [-0.2, -0.15) is 0 Å². The van der Waals surface area contributed by atoms with Gasteiger partial charge in [0.1, 0.15) is 0 Å². The topological polar surface area (TPSA) is 42.9 Å². The minimum absolute atomic E-state index is 0.459. The minimum atomic E-state index is 0.459. The second kappa shape index (κ2) is 13.4. The Hall–Kier alpha value is -0.810. The Labute approximate surface area is 156 Å². The first-order valence-electron chi connectivity index (χ1n) is 10.6. The van der Waals surface area contributed by atoms with Crippen molar-refractivity contribution in [2.75, 3.05) is 46.3 Å². The highest BCUT2D eigenvalue weighted by Crippen LogP contribution is 2.21. The Balaban J connectivity index is 2.30. The lowest BCUT2D eigenvalue weighted by atomic mass is 10.2. The van der Waals surface area contributed by atoms with Crippen molar-refractivity contribution < 1.29 is 0 Å². The highest BCUT2D eigenvalue weighted by molar-refractivity contribution is 5.80. The molecule has 0 spiro atoms. The standard InChI is InChI=1S/C20H43N5/c1-6-21-20(22-15-17-24(5)19-13-9-10-14-19)23-18(4)12-11-16-25(7-2)8-3/h18-19H,6-17H2,1-5H3,(H2,21,22,23). The summed E-state index contributed by atoms with van der Waals surface area (Å²) in [5.41, 5.74) is 0. The fraction of sp³-hybridized carbons (Fsp3) is 0.950. The van der Waals surface area contributed by atoms with Gasteiger partial charge in [-0.05, 0) is 66.2 Å². The van der Waals surface area contributed by atoms with Gasteiger partial charge in [-0.25, -0.2) is 0 Å². The summed E-state index contributed by atoms with van der Waals surface area (Å²) in [5.74, 6) is 0.970. The predicted molar refractivity (Wildman–Crippen MR) is 110 cm³/mol. The molecular formula is C20H43N5. The monoisotopic (exact) mass is 353 g/mol. The van der Waals surface area contributed by atoms with Crippen LogP contribution in [0.15, 0.2) is 4.99 Å². The number of likely N-dealkylation sites (N-methyl/N-ethyl adjacent to an activating group) is 1. The maximum Gasteiger partial charge on any atom is 0.191 e. The molecule has 1 saturated carbocycles. The molecule has 0 saturated heterocycles. The number of nitrogens with one attached hydrogen (secondary N) is 2. The van der Waals surface area contributed by atoms with E-state index in [4.69, 9.17) is 4.99 Å². The first-order valence-corrected chi connectivity index (χ1v) is 10.6. The van der Waals surface area contributed by atoms with E-state index in [0.717, 1.165) is 44.7 Å².